The molecule has 0 saturated carbocycles. The van der Waals surface area contributed by atoms with Crippen LogP contribution in [0.1, 0.15) is 26.7 Å². The molecule has 1 unspecified atom stereocenters. The average Bonchev–Trinajstić information content (AvgIpc) is 2.17. The van der Waals surface area contributed by atoms with Crippen molar-refractivity contribution in [3.05, 3.63) is 0 Å². The number of carbonyl (C=O) groups is 1. The van der Waals surface area contributed by atoms with Gasteiger partial charge in [0.25, 0.3) is 0 Å². The van der Waals surface area contributed by atoms with Crippen molar-refractivity contribution in [2.45, 2.75) is 32.7 Å². The van der Waals surface area contributed by atoms with E-state index in [4.69, 9.17) is 5.73 Å². The zero-order chi connectivity index (χ0) is 11.4. The van der Waals surface area contributed by atoms with Gasteiger partial charge in [-0.05, 0) is 25.7 Å². The lowest BCUT2D eigenvalue weighted by atomic mass is 10.00. The van der Waals surface area contributed by atoms with Crippen LogP contribution in [0.15, 0.2) is 0 Å². The second-order valence-corrected chi connectivity index (χ2v) is 4.81. The summed E-state index contributed by atoms with van der Waals surface area (Å²) in [6.07, 6.45) is 2.25. The third-order valence-electron chi connectivity index (χ3n) is 2.94. The van der Waals surface area contributed by atoms with Crippen LogP contribution in [-0.4, -0.2) is 48.6 Å². The van der Waals surface area contributed by atoms with Gasteiger partial charge in [-0.1, -0.05) is 6.92 Å². The van der Waals surface area contributed by atoms with E-state index in [-0.39, 0.29) is 12.1 Å². The molecule has 4 nitrogen and oxygen atoms in total. The maximum absolute atomic E-state index is 11.9. The molecule has 4 heteroatoms. The second kappa shape index (κ2) is 5.35. The third kappa shape index (κ3) is 3.70. The molecule has 1 aliphatic rings. The van der Waals surface area contributed by atoms with Crippen molar-refractivity contribution < 1.29 is 4.79 Å². The molecule has 1 fully saturated rings. The smallest absolute Gasteiger partial charge is 0.319 e. The number of amides is 2. The van der Waals surface area contributed by atoms with Crippen LogP contribution in [0.4, 0.5) is 4.79 Å². The fourth-order valence-corrected chi connectivity index (χ4v) is 1.95. The van der Waals surface area contributed by atoms with Crippen LogP contribution in [0.25, 0.3) is 0 Å². The van der Waals surface area contributed by atoms with Gasteiger partial charge >= 0.3 is 6.03 Å². The molecule has 1 rings (SSSR count). The summed E-state index contributed by atoms with van der Waals surface area (Å²) in [5.74, 6) is 0.757. The van der Waals surface area contributed by atoms with Gasteiger partial charge in [0.05, 0.1) is 0 Å². The molecule has 0 bridgehead atoms. The number of carbonyl (C=O) groups excluding carboxylic acids is 1. The Bertz CT molecular complexity index is 210. The predicted molar refractivity (Wildman–Crippen MR) is 61.6 cm³/mol. The summed E-state index contributed by atoms with van der Waals surface area (Å²) in [6, 6.07) is 0.168. The number of likely N-dealkylation sites (tertiary alicyclic amines) is 1. The lowest BCUT2D eigenvalue weighted by molar-refractivity contribution is 0.141. The Kier molecular flexibility index (Phi) is 4.39. The molecule has 0 radical (unpaired) electrons. The number of hydrogen-bond donors (Lipinski definition) is 1. The molecule has 0 aromatic carbocycles. The van der Waals surface area contributed by atoms with Crippen LogP contribution in [0, 0.1) is 5.92 Å². The molecule has 0 aliphatic carbocycles. The zero-order valence-corrected chi connectivity index (χ0v) is 10.1. The monoisotopic (exact) mass is 213 g/mol. The van der Waals surface area contributed by atoms with Gasteiger partial charge in [-0.2, -0.15) is 0 Å². The van der Waals surface area contributed by atoms with Crippen LogP contribution in [-0.2, 0) is 0 Å². The van der Waals surface area contributed by atoms with E-state index in [2.05, 4.69) is 6.92 Å². The number of likely N-dealkylation sites (N-methyl/N-ethyl adjacent to an activating group) is 1. The van der Waals surface area contributed by atoms with Gasteiger partial charge in [0.1, 0.15) is 0 Å². The molecule has 1 aliphatic heterocycles. The maximum Gasteiger partial charge on any atom is 0.319 e. The molecule has 0 aromatic rings. The van der Waals surface area contributed by atoms with Crippen molar-refractivity contribution in [2.75, 3.05) is 26.7 Å². The van der Waals surface area contributed by atoms with Crippen molar-refractivity contribution in [1.29, 1.82) is 0 Å². The Morgan fingerprint density at radius 1 is 1.53 bits per heavy atom. The number of nitrogens with zero attached hydrogens (tertiary/aromatic N) is 2. The summed E-state index contributed by atoms with van der Waals surface area (Å²) in [5, 5.41) is 0. The number of piperidine rings is 1. The van der Waals surface area contributed by atoms with Crippen molar-refractivity contribution in [3.8, 4) is 0 Å². The van der Waals surface area contributed by atoms with Gasteiger partial charge < -0.3 is 15.5 Å². The van der Waals surface area contributed by atoms with E-state index in [1.807, 2.05) is 18.9 Å². The van der Waals surface area contributed by atoms with Crippen molar-refractivity contribution in [2.24, 2.45) is 11.7 Å². The molecule has 2 amide bonds. The van der Waals surface area contributed by atoms with Crippen molar-refractivity contribution in [1.82, 2.24) is 9.80 Å². The van der Waals surface area contributed by atoms with E-state index in [1.165, 1.54) is 0 Å². The second-order valence-electron chi connectivity index (χ2n) is 4.81. The van der Waals surface area contributed by atoms with Crippen LogP contribution in [0.2, 0.25) is 0 Å². The molecule has 2 N–H and O–H groups in total. The van der Waals surface area contributed by atoms with E-state index >= 15 is 0 Å². The van der Waals surface area contributed by atoms with Gasteiger partial charge in [0.2, 0.25) is 0 Å². The van der Waals surface area contributed by atoms with Crippen LogP contribution in [0.5, 0.6) is 0 Å². The third-order valence-corrected chi connectivity index (χ3v) is 2.94. The van der Waals surface area contributed by atoms with E-state index < -0.39 is 0 Å². The Morgan fingerprint density at radius 2 is 2.07 bits per heavy atom. The molecule has 1 heterocycles. The predicted octanol–water partition coefficient (Wildman–Crippen LogP) is 1.12. The van der Waals surface area contributed by atoms with Gasteiger partial charge in [0, 0.05) is 32.7 Å². The molecule has 0 aromatic heterocycles. The Labute approximate surface area is 92.4 Å². The lowest BCUT2D eigenvalue weighted by Gasteiger charge is -2.33. The lowest BCUT2D eigenvalue weighted by Crippen LogP contribution is -2.47. The number of nitrogens with two attached hydrogens (primary N) is 1. The number of hydrogen-bond acceptors (Lipinski definition) is 2. The van der Waals surface area contributed by atoms with Crippen molar-refractivity contribution in [3.63, 3.8) is 0 Å². The highest BCUT2D eigenvalue weighted by Gasteiger charge is 2.22. The molecule has 88 valence electrons. The molecule has 15 heavy (non-hydrogen) atoms. The Hall–Kier alpha value is -0.770. The van der Waals surface area contributed by atoms with Crippen LogP contribution in [0.3, 0.4) is 0 Å². The SMILES string of the molecule is CC(N)CN(C)C(=O)N1CCC(C)CC1. The van der Waals surface area contributed by atoms with Gasteiger partial charge in [-0.15, -0.1) is 0 Å². The summed E-state index contributed by atoms with van der Waals surface area (Å²) < 4.78 is 0. The topological polar surface area (TPSA) is 49.6 Å². The molecular formula is C11H23N3O. The first-order valence-electron chi connectivity index (χ1n) is 5.76. The van der Waals surface area contributed by atoms with Crippen LogP contribution >= 0.6 is 0 Å². The fraction of sp³-hybridized carbons (Fsp3) is 0.909. The first-order valence-corrected chi connectivity index (χ1v) is 5.76. The summed E-state index contributed by atoms with van der Waals surface area (Å²) in [5.41, 5.74) is 5.67. The molecular weight excluding hydrogens is 190 g/mol. The van der Waals surface area contributed by atoms with Gasteiger partial charge in [-0.3, -0.25) is 0 Å². The summed E-state index contributed by atoms with van der Waals surface area (Å²) in [7, 11) is 1.82. The summed E-state index contributed by atoms with van der Waals surface area (Å²) >= 11 is 0. The highest BCUT2D eigenvalue weighted by Crippen LogP contribution is 2.16. The van der Waals surface area contributed by atoms with Crippen LogP contribution < -0.4 is 5.73 Å². The van der Waals surface area contributed by atoms with Gasteiger partial charge in [-0.25, -0.2) is 4.79 Å². The first-order chi connectivity index (χ1) is 7.00. The number of urea groups is 1. The minimum Gasteiger partial charge on any atom is -0.326 e. The minimum absolute atomic E-state index is 0.0441. The largest absolute Gasteiger partial charge is 0.326 e. The van der Waals surface area contributed by atoms with E-state index in [9.17, 15) is 4.79 Å². The number of rotatable bonds is 2. The molecule has 1 saturated heterocycles. The average molecular weight is 213 g/mol. The highest BCUT2D eigenvalue weighted by molar-refractivity contribution is 5.74. The summed E-state index contributed by atoms with van der Waals surface area (Å²) in [6.45, 7) is 6.58. The Balaban J connectivity index is 2.39. The van der Waals surface area contributed by atoms with E-state index in [1.54, 1.807) is 4.90 Å². The fourth-order valence-electron chi connectivity index (χ4n) is 1.95. The zero-order valence-electron chi connectivity index (χ0n) is 10.1. The maximum atomic E-state index is 11.9. The standard InChI is InChI=1S/C11H23N3O/c1-9-4-6-14(7-5-9)11(15)13(3)8-10(2)12/h9-10H,4-8,12H2,1-3H3. The normalized spacial score (nSPS) is 20.1. The minimum atomic E-state index is 0.0441. The van der Waals surface area contributed by atoms with E-state index in [0.29, 0.717) is 6.54 Å². The molecule has 1 atom stereocenters. The quantitative estimate of drug-likeness (QED) is 0.747. The van der Waals surface area contributed by atoms with Crippen molar-refractivity contribution >= 4 is 6.03 Å². The molecule has 0 spiro atoms. The van der Waals surface area contributed by atoms with Gasteiger partial charge in [0.15, 0.2) is 0 Å². The van der Waals surface area contributed by atoms with E-state index in [0.717, 1.165) is 31.8 Å². The highest BCUT2D eigenvalue weighted by atomic mass is 16.2. The Morgan fingerprint density at radius 3 is 2.53 bits per heavy atom. The summed E-state index contributed by atoms with van der Waals surface area (Å²) in [4.78, 5) is 15.6. The first kappa shape index (κ1) is 12.3.